The summed E-state index contributed by atoms with van der Waals surface area (Å²) in [5.41, 5.74) is 1.71. The van der Waals surface area contributed by atoms with Gasteiger partial charge in [-0.1, -0.05) is 19.1 Å². The Bertz CT molecular complexity index is 435. The zero-order valence-electron chi connectivity index (χ0n) is 13.8. The first-order chi connectivity index (χ1) is 9.81. The highest BCUT2D eigenvalue weighted by molar-refractivity contribution is 5.91. The lowest BCUT2D eigenvalue weighted by Gasteiger charge is -2.19. The summed E-state index contributed by atoms with van der Waals surface area (Å²) in [6.45, 7) is 11.2. The number of benzene rings is 1. The van der Waals surface area contributed by atoms with Crippen molar-refractivity contribution in [2.75, 3.05) is 18.5 Å². The van der Waals surface area contributed by atoms with E-state index in [-0.39, 0.29) is 18.1 Å². The van der Waals surface area contributed by atoms with E-state index in [9.17, 15) is 4.79 Å². The molecule has 0 aliphatic carbocycles. The molecule has 4 heteroatoms. The van der Waals surface area contributed by atoms with Crippen LogP contribution in [0.3, 0.4) is 0 Å². The summed E-state index contributed by atoms with van der Waals surface area (Å²) < 4.78 is 5.45. The minimum atomic E-state index is -0.304. The molecule has 1 amide bonds. The predicted octanol–water partition coefficient (Wildman–Crippen LogP) is 3.50. The standard InChI is InChI=1S/C17H28N2O2/c1-6-11-18-13(2)14-7-9-15(10-8-14)19-16(20)12-21-17(3,4)5/h7-10,13,18H,6,11-12H2,1-5H3,(H,19,20). The summed E-state index contributed by atoms with van der Waals surface area (Å²) in [7, 11) is 0. The van der Waals surface area contributed by atoms with Gasteiger partial charge in [-0.25, -0.2) is 0 Å². The Balaban J connectivity index is 2.49. The Labute approximate surface area is 128 Å². The van der Waals surface area contributed by atoms with Crippen molar-refractivity contribution in [2.45, 2.75) is 52.7 Å². The van der Waals surface area contributed by atoms with Crippen molar-refractivity contribution in [1.29, 1.82) is 0 Å². The monoisotopic (exact) mass is 292 g/mol. The molecule has 0 aliphatic heterocycles. The molecule has 0 aliphatic rings. The smallest absolute Gasteiger partial charge is 0.250 e. The lowest BCUT2D eigenvalue weighted by atomic mass is 10.1. The van der Waals surface area contributed by atoms with Gasteiger partial charge in [-0.3, -0.25) is 4.79 Å². The fourth-order valence-electron chi connectivity index (χ4n) is 1.81. The SMILES string of the molecule is CCCNC(C)c1ccc(NC(=O)COC(C)(C)C)cc1. The second kappa shape index (κ2) is 8.15. The molecular weight excluding hydrogens is 264 g/mol. The number of rotatable bonds is 7. The highest BCUT2D eigenvalue weighted by Crippen LogP contribution is 2.16. The lowest BCUT2D eigenvalue weighted by Crippen LogP contribution is -2.27. The van der Waals surface area contributed by atoms with Gasteiger partial charge in [-0.15, -0.1) is 0 Å². The molecule has 1 atom stereocenters. The zero-order valence-corrected chi connectivity index (χ0v) is 13.8. The Morgan fingerprint density at radius 3 is 2.38 bits per heavy atom. The summed E-state index contributed by atoms with van der Waals surface area (Å²) in [6.07, 6.45) is 1.12. The molecule has 0 saturated heterocycles. The normalized spacial score (nSPS) is 13.0. The van der Waals surface area contributed by atoms with Crippen LogP contribution in [0.2, 0.25) is 0 Å². The van der Waals surface area contributed by atoms with Crippen molar-refractivity contribution in [3.05, 3.63) is 29.8 Å². The van der Waals surface area contributed by atoms with Crippen molar-refractivity contribution in [2.24, 2.45) is 0 Å². The van der Waals surface area contributed by atoms with Crippen LogP contribution in [0.25, 0.3) is 0 Å². The first-order valence-corrected chi connectivity index (χ1v) is 7.59. The molecule has 0 aromatic heterocycles. The average Bonchev–Trinajstić information content (AvgIpc) is 2.42. The van der Waals surface area contributed by atoms with E-state index in [1.54, 1.807) is 0 Å². The number of hydrogen-bond donors (Lipinski definition) is 2. The lowest BCUT2D eigenvalue weighted by molar-refractivity contribution is -0.125. The highest BCUT2D eigenvalue weighted by atomic mass is 16.5. The summed E-state index contributed by atoms with van der Waals surface area (Å²) in [5.74, 6) is -0.130. The van der Waals surface area contributed by atoms with Gasteiger partial charge in [0, 0.05) is 11.7 Å². The number of carbonyl (C=O) groups excluding carboxylic acids is 1. The van der Waals surface area contributed by atoms with Gasteiger partial charge in [0.25, 0.3) is 0 Å². The van der Waals surface area contributed by atoms with Gasteiger partial charge in [0.05, 0.1) is 5.60 Å². The topological polar surface area (TPSA) is 50.4 Å². The third kappa shape index (κ3) is 7.25. The molecule has 0 spiro atoms. The Hall–Kier alpha value is -1.39. The van der Waals surface area contributed by atoms with Gasteiger partial charge in [0.15, 0.2) is 0 Å². The van der Waals surface area contributed by atoms with Crippen molar-refractivity contribution in [3.8, 4) is 0 Å². The Morgan fingerprint density at radius 1 is 1.24 bits per heavy atom. The first-order valence-electron chi connectivity index (χ1n) is 7.59. The zero-order chi connectivity index (χ0) is 15.9. The van der Waals surface area contributed by atoms with Crippen LogP contribution in [0.4, 0.5) is 5.69 Å². The number of carbonyl (C=O) groups is 1. The third-order valence-electron chi connectivity index (χ3n) is 3.03. The van der Waals surface area contributed by atoms with E-state index in [1.807, 2.05) is 45.0 Å². The molecule has 21 heavy (non-hydrogen) atoms. The minimum Gasteiger partial charge on any atom is -0.366 e. The van der Waals surface area contributed by atoms with Gasteiger partial charge < -0.3 is 15.4 Å². The molecule has 2 N–H and O–H groups in total. The summed E-state index contributed by atoms with van der Waals surface area (Å²) in [4.78, 5) is 11.8. The molecular formula is C17H28N2O2. The van der Waals surface area contributed by atoms with Gasteiger partial charge in [0.1, 0.15) is 6.61 Å². The van der Waals surface area contributed by atoms with Gasteiger partial charge >= 0.3 is 0 Å². The summed E-state index contributed by atoms with van der Waals surface area (Å²) >= 11 is 0. The first kappa shape index (κ1) is 17.7. The molecule has 1 rings (SSSR count). The molecule has 1 aromatic carbocycles. The number of anilines is 1. The largest absolute Gasteiger partial charge is 0.366 e. The predicted molar refractivity (Wildman–Crippen MR) is 87.5 cm³/mol. The number of ether oxygens (including phenoxy) is 1. The van der Waals surface area contributed by atoms with E-state index in [0.29, 0.717) is 6.04 Å². The fourth-order valence-corrected chi connectivity index (χ4v) is 1.81. The van der Waals surface area contributed by atoms with Crippen LogP contribution in [0, 0.1) is 0 Å². The minimum absolute atomic E-state index is 0.0692. The molecule has 0 radical (unpaired) electrons. The van der Waals surface area contributed by atoms with Crippen LogP contribution < -0.4 is 10.6 Å². The molecule has 0 bridgehead atoms. The van der Waals surface area contributed by atoms with Crippen LogP contribution >= 0.6 is 0 Å². The Kier molecular flexibility index (Phi) is 6.85. The van der Waals surface area contributed by atoms with Crippen molar-refractivity contribution >= 4 is 11.6 Å². The van der Waals surface area contributed by atoms with Crippen LogP contribution in [-0.2, 0) is 9.53 Å². The number of hydrogen-bond acceptors (Lipinski definition) is 3. The quantitative estimate of drug-likeness (QED) is 0.808. The van der Waals surface area contributed by atoms with E-state index in [4.69, 9.17) is 4.74 Å². The van der Waals surface area contributed by atoms with Crippen molar-refractivity contribution < 1.29 is 9.53 Å². The molecule has 0 heterocycles. The van der Waals surface area contributed by atoms with Gasteiger partial charge in [-0.2, -0.15) is 0 Å². The maximum atomic E-state index is 11.8. The Morgan fingerprint density at radius 2 is 1.86 bits per heavy atom. The van der Waals surface area contributed by atoms with Crippen LogP contribution in [0.15, 0.2) is 24.3 Å². The van der Waals surface area contributed by atoms with Crippen molar-refractivity contribution in [3.63, 3.8) is 0 Å². The second-order valence-electron chi connectivity index (χ2n) is 6.25. The molecule has 4 nitrogen and oxygen atoms in total. The molecule has 1 aromatic rings. The average molecular weight is 292 g/mol. The maximum absolute atomic E-state index is 11.8. The van der Waals surface area contributed by atoms with E-state index >= 15 is 0 Å². The van der Waals surface area contributed by atoms with Crippen LogP contribution in [0.5, 0.6) is 0 Å². The second-order valence-corrected chi connectivity index (χ2v) is 6.25. The third-order valence-corrected chi connectivity index (χ3v) is 3.03. The van der Waals surface area contributed by atoms with Crippen LogP contribution in [0.1, 0.15) is 52.6 Å². The van der Waals surface area contributed by atoms with Gasteiger partial charge in [0.2, 0.25) is 5.91 Å². The molecule has 118 valence electrons. The molecule has 1 unspecified atom stereocenters. The van der Waals surface area contributed by atoms with E-state index in [0.717, 1.165) is 18.7 Å². The summed E-state index contributed by atoms with van der Waals surface area (Å²) in [6, 6.07) is 8.24. The molecule has 0 saturated carbocycles. The van der Waals surface area contributed by atoms with Crippen LogP contribution in [-0.4, -0.2) is 24.7 Å². The maximum Gasteiger partial charge on any atom is 0.250 e. The number of amides is 1. The van der Waals surface area contributed by atoms with Gasteiger partial charge in [-0.05, 0) is 58.4 Å². The fraction of sp³-hybridized carbons (Fsp3) is 0.588. The summed E-state index contributed by atoms with van der Waals surface area (Å²) in [5, 5.41) is 6.28. The van der Waals surface area contributed by atoms with Crippen molar-refractivity contribution in [1.82, 2.24) is 5.32 Å². The molecule has 0 fully saturated rings. The number of nitrogens with one attached hydrogen (secondary N) is 2. The van der Waals surface area contributed by atoms with E-state index in [1.165, 1.54) is 5.56 Å². The highest BCUT2D eigenvalue weighted by Gasteiger charge is 2.13. The van der Waals surface area contributed by atoms with E-state index in [2.05, 4.69) is 24.5 Å². The van der Waals surface area contributed by atoms with E-state index < -0.39 is 0 Å².